The summed E-state index contributed by atoms with van der Waals surface area (Å²) < 4.78 is 24.9. The van der Waals surface area contributed by atoms with Gasteiger partial charge in [-0.15, -0.1) is 6.58 Å². The van der Waals surface area contributed by atoms with Crippen molar-refractivity contribution in [2.45, 2.75) is 44.4 Å². The summed E-state index contributed by atoms with van der Waals surface area (Å²) in [7, 11) is 0. The fourth-order valence-corrected chi connectivity index (χ4v) is 3.72. The number of nitrogens with zero attached hydrogens (tertiary/aromatic N) is 1. The maximum atomic E-state index is 13.2. The lowest BCUT2D eigenvalue weighted by Crippen LogP contribution is -2.54. The summed E-state index contributed by atoms with van der Waals surface area (Å²) in [6, 6.07) is 4.65. The largest absolute Gasteiger partial charge is 0.372 e. The first-order valence-electron chi connectivity index (χ1n) is 8.48. The molecule has 1 saturated heterocycles. The molecule has 0 spiro atoms. The Hall–Kier alpha value is -1.72. The van der Waals surface area contributed by atoms with E-state index in [0.717, 1.165) is 24.0 Å². The van der Waals surface area contributed by atoms with Gasteiger partial charge in [0.05, 0.1) is 31.8 Å². The molecule has 1 saturated carbocycles. The lowest BCUT2D eigenvalue weighted by molar-refractivity contribution is -0.150. The van der Waals surface area contributed by atoms with Crippen LogP contribution in [0.4, 0.5) is 4.39 Å². The number of carbonyl (C=O) groups is 1. The minimum atomic E-state index is -0.270. The molecular formula is C19H24FNO3. The topological polar surface area (TPSA) is 38.8 Å². The maximum absolute atomic E-state index is 13.2. The van der Waals surface area contributed by atoms with E-state index in [1.54, 1.807) is 12.1 Å². The van der Waals surface area contributed by atoms with Crippen molar-refractivity contribution < 1.29 is 18.7 Å². The van der Waals surface area contributed by atoms with Gasteiger partial charge in [-0.1, -0.05) is 12.1 Å². The summed E-state index contributed by atoms with van der Waals surface area (Å²) in [5, 5.41) is 0. The Morgan fingerprint density at radius 3 is 3.08 bits per heavy atom. The van der Waals surface area contributed by atoms with Crippen LogP contribution in [0.1, 0.15) is 24.0 Å². The quantitative estimate of drug-likeness (QED) is 0.778. The highest BCUT2D eigenvalue weighted by Gasteiger charge is 2.44. The first kappa shape index (κ1) is 17.1. The second-order valence-electron chi connectivity index (χ2n) is 6.48. The molecule has 3 rings (SSSR count). The molecule has 0 unspecified atom stereocenters. The van der Waals surface area contributed by atoms with E-state index in [9.17, 15) is 9.18 Å². The predicted octanol–water partition coefficient (Wildman–Crippen LogP) is 2.64. The maximum Gasteiger partial charge on any atom is 0.227 e. The third kappa shape index (κ3) is 3.52. The number of morpholine rings is 1. The molecule has 2 aliphatic rings. The predicted molar refractivity (Wildman–Crippen MR) is 89.3 cm³/mol. The first-order valence-corrected chi connectivity index (χ1v) is 8.48. The van der Waals surface area contributed by atoms with Crippen molar-refractivity contribution in [1.29, 1.82) is 0 Å². The van der Waals surface area contributed by atoms with E-state index in [0.29, 0.717) is 26.2 Å². The van der Waals surface area contributed by atoms with Crippen molar-refractivity contribution in [3.63, 3.8) is 0 Å². The van der Waals surface area contributed by atoms with Gasteiger partial charge in [0.25, 0.3) is 0 Å². The number of rotatable bonds is 5. The van der Waals surface area contributed by atoms with Gasteiger partial charge in [0, 0.05) is 6.54 Å². The smallest absolute Gasteiger partial charge is 0.227 e. The van der Waals surface area contributed by atoms with Crippen molar-refractivity contribution in [2.75, 3.05) is 19.8 Å². The third-order valence-corrected chi connectivity index (χ3v) is 4.93. The van der Waals surface area contributed by atoms with Crippen LogP contribution in [0.5, 0.6) is 0 Å². The van der Waals surface area contributed by atoms with Gasteiger partial charge in [-0.25, -0.2) is 4.39 Å². The molecule has 1 aliphatic carbocycles. The fourth-order valence-electron chi connectivity index (χ4n) is 3.72. The molecule has 1 amide bonds. The van der Waals surface area contributed by atoms with E-state index in [-0.39, 0.29) is 30.0 Å². The summed E-state index contributed by atoms with van der Waals surface area (Å²) >= 11 is 0. The van der Waals surface area contributed by atoms with Crippen molar-refractivity contribution in [3.05, 3.63) is 47.8 Å². The van der Waals surface area contributed by atoms with Crippen LogP contribution in [0.25, 0.3) is 0 Å². The van der Waals surface area contributed by atoms with Crippen LogP contribution in [-0.4, -0.2) is 48.8 Å². The number of hydrogen-bond acceptors (Lipinski definition) is 3. The molecule has 3 atom stereocenters. The molecule has 130 valence electrons. The third-order valence-electron chi connectivity index (χ3n) is 4.93. The van der Waals surface area contributed by atoms with Crippen LogP contribution < -0.4 is 0 Å². The molecule has 24 heavy (non-hydrogen) atoms. The number of benzene rings is 1. The Labute approximate surface area is 142 Å². The van der Waals surface area contributed by atoms with Gasteiger partial charge in [-0.2, -0.15) is 0 Å². The van der Waals surface area contributed by atoms with E-state index in [1.807, 2.05) is 11.8 Å². The minimum absolute atomic E-state index is 0.0242. The summed E-state index contributed by atoms with van der Waals surface area (Å²) in [6.07, 6.45) is 3.78. The normalized spacial score (nSPS) is 26.2. The van der Waals surface area contributed by atoms with Crippen molar-refractivity contribution in [1.82, 2.24) is 4.90 Å². The van der Waals surface area contributed by atoms with E-state index in [4.69, 9.17) is 9.47 Å². The zero-order chi connectivity index (χ0) is 17.1. The molecule has 5 heteroatoms. The summed E-state index contributed by atoms with van der Waals surface area (Å²) in [4.78, 5) is 14.7. The number of carbonyl (C=O) groups excluding carboxylic acids is 1. The van der Waals surface area contributed by atoms with Crippen molar-refractivity contribution in [2.24, 2.45) is 0 Å². The Morgan fingerprint density at radius 1 is 1.50 bits per heavy atom. The van der Waals surface area contributed by atoms with Crippen LogP contribution in [-0.2, 0) is 20.7 Å². The number of ether oxygens (including phenoxy) is 2. The summed E-state index contributed by atoms with van der Waals surface area (Å²) in [5.74, 6) is -0.194. The van der Waals surface area contributed by atoms with Gasteiger partial charge in [-0.05, 0) is 43.0 Å². The molecule has 2 fully saturated rings. The number of hydrogen-bond donors (Lipinski definition) is 0. The van der Waals surface area contributed by atoms with Crippen molar-refractivity contribution in [3.8, 4) is 0 Å². The lowest BCUT2D eigenvalue weighted by atomic mass is 10.0. The molecular weight excluding hydrogens is 309 g/mol. The lowest BCUT2D eigenvalue weighted by Gasteiger charge is -2.39. The van der Waals surface area contributed by atoms with E-state index < -0.39 is 0 Å². The van der Waals surface area contributed by atoms with Gasteiger partial charge in [-0.3, -0.25) is 4.79 Å². The molecule has 1 heterocycles. The highest BCUT2D eigenvalue weighted by atomic mass is 19.1. The van der Waals surface area contributed by atoms with Crippen LogP contribution in [0.2, 0.25) is 0 Å². The molecule has 1 aromatic rings. The molecule has 0 radical (unpaired) electrons. The number of amides is 1. The Balaban J connectivity index is 1.67. The minimum Gasteiger partial charge on any atom is -0.372 e. The monoisotopic (exact) mass is 333 g/mol. The Bertz CT molecular complexity index is 619. The van der Waals surface area contributed by atoms with E-state index in [2.05, 4.69) is 6.58 Å². The number of fused-ring (bicyclic) bond motifs is 1. The second kappa shape index (κ2) is 7.45. The van der Waals surface area contributed by atoms with Crippen LogP contribution in [0.15, 0.2) is 30.9 Å². The zero-order valence-electron chi connectivity index (χ0n) is 14.0. The van der Waals surface area contributed by atoms with Crippen LogP contribution in [0.3, 0.4) is 0 Å². The molecule has 1 aromatic carbocycles. The van der Waals surface area contributed by atoms with Gasteiger partial charge in [0.1, 0.15) is 11.9 Å². The number of halogens is 1. The molecule has 0 bridgehead atoms. The SMILES string of the molecule is C=CCO[C@H]1CC[C@H]2[C@@H]1OCCN2C(=O)Cc1ccc(F)cc1C. The van der Waals surface area contributed by atoms with E-state index in [1.165, 1.54) is 12.1 Å². The van der Waals surface area contributed by atoms with Crippen LogP contribution >= 0.6 is 0 Å². The summed E-state index contributed by atoms with van der Waals surface area (Å²) in [6.45, 7) is 7.15. The summed E-state index contributed by atoms with van der Waals surface area (Å²) in [5.41, 5.74) is 1.69. The van der Waals surface area contributed by atoms with Gasteiger partial charge < -0.3 is 14.4 Å². The zero-order valence-corrected chi connectivity index (χ0v) is 14.0. The second-order valence-corrected chi connectivity index (χ2v) is 6.48. The van der Waals surface area contributed by atoms with Crippen molar-refractivity contribution >= 4 is 5.91 Å². The van der Waals surface area contributed by atoms with Gasteiger partial charge in [0.2, 0.25) is 5.91 Å². The number of aryl methyl sites for hydroxylation is 1. The van der Waals surface area contributed by atoms with E-state index >= 15 is 0 Å². The Morgan fingerprint density at radius 2 is 2.33 bits per heavy atom. The average molecular weight is 333 g/mol. The Kier molecular flexibility index (Phi) is 5.31. The fraction of sp³-hybridized carbons (Fsp3) is 0.526. The van der Waals surface area contributed by atoms with Gasteiger partial charge >= 0.3 is 0 Å². The first-order chi connectivity index (χ1) is 11.6. The highest BCUT2D eigenvalue weighted by molar-refractivity contribution is 5.79. The average Bonchev–Trinajstić information content (AvgIpc) is 2.98. The van der Waals surface area contributed by atoms with Gasteiger partial charge in [0.15, 0.2) is 0 Å². The standard InChI is InChI=1S/C19H24FNO3/c1-3-9-23-17-7-6-16-19(17)24-10-8-21(16)18(22)12-14-4-5-15(20)11-13(14)2/h3-5,11,16-17,19H,1,6-10,12H2,2H3/t16-,17-,19-/m0/s1. The molecule has 4 nitrogen and oxygen atoms in total. The van der Waals surface area contributed by atoms with Crippen LogP contribution in [0, 0.1) is 12.7 Å². The molecule has 1 aliphatic heterocycles. The highest BCUT2D eigenvalue weighted by Crippen LogP contribution is 2.32. The molecule has 0 N–H and O–H groups in total. The molecule has 0 aromatic heterocycles.